The molecule has 0 bridgehead atoms. The predicted octanol–water partition coefficient (Wildman–Crippen LogP) is 4.28. The molecule has 0 radical (unpaired) electrons. The monoisotopic (exact) mass is 396 g/mol. The fourth-order valence-corrected chi connectivity index (χ4v) is 6.58. The van der Waals surface area contributed by atoms with Crippen molar-refractivity contribution < 1.29 is 8.94 Å². The molecule has 1 aromatic heterocycles. The summed E-state index contributed by atoms with van der Waals surface area (Å²) in [6.07, 6.45) is 1.71. The van der Waals surface area contributed by atoms with Crippen molar-refractivity contribution >= 4 is 48.5 Å². The molecule has 1 spiro atoms. The molecule has 2 atom stereocenters. The van der Waals surface area contributed by atoms with Crippen molar-refractivity contribution in [3.63, 3.8) is 0 Å². The topological polar surface area (TPSA) is 58.9 Å². The Morgan fingerprint density at radius 1 is 1.22 bits per heavy atom. The van der Waals surface area contributed by atoms with Crippen LogP contribution in [0.5, 0.6) is 0 Å². The van der Waals surface area contributed by atoms with E-state index in [1.807, 2.05) is 18.2 Å². The van der Waals surface area contributed by atoms with Crippen LogP contribution < -0.4 is 5.32 Å². The highest BCUT2D eigenvalue weighted by Crippen LogP contribution is 2.48. The number of hydrogen-bond donors (Lipinski definition) is 2. The van der Waals surface area contributed by atoms with Crippen LogP contribution in [0, 0.1) is 17.3 Å². The third kappa shape index (κ3) is 2.73. The van der Waals surface area contributed by atoms with Gasteiger partial charge < -0.3 is 9.87 Å². The summed E-state index contributed by atoms with van der Waals surface area (Å²) in [5.41, 5.74) is 1.86. The highest BCUT2D eigenvalue weighted by molar-refractivity contribution is 7.94. The summed E-state index contributed by atoms with van der Waals surface area (Å²) < 4.78 is 26.9. The maximum absolute atomic E-state index is 12.6. The van der Waals surface area contributed by atoms with Crippen molar-refractivity contribution in [2.24, 2.45) is 0 Å². The van der Waals surface area contributed by atoms with Gasteiger partial charge in [-0.2, -0.15) is 0 Å². The minimum atomic E-state index is -0.997. The number of hydrogen-bond acceptors (Lipinski definition) is 3. The summed E-state index contributed by atoms with van der Waals surface area (Å²) in [5.74, 6) is 6.29. The average Bonchev–Trinajstić information content (AvgIpc) is 3.40. The van der Waals surface area contributed by atoms with Crippen molar-refractivity contribution in [2.45, 2.75) is 23.6 Å². The summed E-state index contributed by atoms with van der Waals surface area (Å²) in [6, 6.07) is 12.2. The molecule has 1 aliphatic carbocycles. The average molecular weight is 397 g/mol. The molecule has 1 saturated heterocycles. The van der Waals surface area contributed by atoms with Gasteiger partial charge >= 0.3 is 0 Å². The number of halogens is 1. The summed E-state index contributed by atoms with van der Waals surface area (Å²) >= 11 is 0.718. The molecule has 2 heterocycles. The molecule has 27 heavy (non-hydrogen) atoms. The lowest BCUT2D eigenvalue weighted by atomic mass is 10.0. The molecule has 2 fully saturated rings. The van der Waals surface area contributed by atoms with Gasteiger partial charge in [0.05, 0.1) is 6.04 Å². The number of amidine groups is 1. The number of nitrogens with one attached hydrogen (secondary N) is 2. The third-order valence-corrected chi connectivity index (χ3v) is 8.70. The number of alkyl halides is 1. The van der Waals surface area contributed by atoms with Crippen molar-refractivity contribution in [1.29, 1.82) is 5.41 Å². The van der Waals surface area contributed by atoms with Gasteiger partial charge in [-0.05, 0) is 47.1 Å². The van der Waals surface area contributed by atoms with Gasteiger partial charge in [-0.25, -0.2) is 4.39 Å². The second-order valence-corrected chi connectivity index (χ2v) is 9.97. The van der Waals surface area contributed by atoms with Crippen LogP contribution in [-0.4, -0.2) is 27.6 Å². The van der Waals surface area contributed by atoms with Gasteiger partial charge in [-0.1, -0.05) is 17.9 Å². The highest BCUT2D eigenvalue weighted by Gasteiger charge is 2.61. The molecular formula is C21H17FN2OS2. The first kappa shape index (κ1) is 17.1. The van der Waals surface area contributed by atoms with E-state index in [2.05, 4.69) is 35.4 Å². The molecular weight excluding hydrogens is 379 g/mol. The van der Waals surface area contributed by atoms with E-state index in [4.69, 9.17) is 5.41 Å². The van der Waals surface area contributed by atoms with E-state index in [-0.39, 0.29) is 10.8 Å². The Balaban J connectivity index is 1.56. The molecule has 2 aliphatic rings. The van der Waals surface area contributed by atoms with Crippen LogP contribution in [0.2, 0.25) is 0 Å². The molecule has 1 aliphatic heterocycles. The second-order valence-electron chi connectivity index (χ2n) is 7.08. The minimum absolute atomic E-state index is 0.0987. The number of benzene rings is 2. The smallest absolute Gasteiger partial charge is 0.182 e. The van der Waals surface area contributed by atoms with Gasteiger partial charge in [0, 0.05) is 38.6 Å². The first-order valence-electron chi connectivity index (χ1n) is 8.86. The fourth-order valence-electron chi connectivity index (χ4n) is 3.77. The molecule has 5 rings (SSSR count). The minimum Gasteiger partial charge on any atom is -0.616 e. The Morgan fingerprint density at radius 3 is 2.67 bits per heavy atom. The largest absolute Gasteiger partial charge is 0.616 e. The summed E-state index contributed by atoms with van der Waals surface area (Å²) in [6.45, 7) is -0.648. The molecule has 136 valence electrons. The first-order valence-corrected chi connectivity index (χ1v) is 11.0. The van der Waals surface area contributed by atoms with Crippen LogP contribution in [0.3, 0.4) is 0 Å². The van der Waals surface area contributed by atoms with Crippen molar-refractivity contribution in [3.8, 4) is 11.8 Å². The van der Waals surface area contributed by atoms with Crippen LogP contribution in [0.1, 0.15) is 30.0 Å². The van der Waals surface area contributed by atoms with Crippen molar-refractivity contribution in [2.75, 3.05) is 12.4 Å². The number of rotatable bonds is 1. The van der Waals surface area contributed by atoms with E-state index < -0.39 is 17.9 Å². The molecule has 6 heteroatoms. The molecule has 3 aromatic rings. The first-order chi connectivity index (χ1) is 13.1. The Morgan fingerprint density at radius 2 is 1.96 bits per heavy atom. The highest BCUT2D eigenvalue weighted by atomic mass is 32.2. The zero-order valence-corrected chi connectivity index (χ0v) is 16.1. The molecule has 3 nitrogen and oxygen atoms in total. The lowest BCUT2D eigenvalue weighted by Gasteiger charge is -2.33. The maximum atomic E-state index is 12.6. The second kappa shape index (κ2) is 6.23. The van der Waals surface area contributed by atoms with Crippen LogP contribution in [0.15, 0.2) is 36.4 Å². The molecule has 2 aromatic carbocycles. The third-order valence-electron chi connectivity index (χ3n) is 5.43. The number of fused-ring (bicyclic) bond motifs is 3. The van der Waals surface area contributed by atoms with Crippen LogP contribution in [-0.2, 0) is 11.2 Å². The molecule has 2 N–H and O–H groups in total. The molecule has 1 saturated carbocycles. The van der Waals surface area contributed by atoms with E-state index >= 15 is 0 Å². The van der Waals surface area contributed by atoms with Crippen LogP contribution >= 0.6 is 11.3 Å². The van der Waals surface area contributed by atoms with Crippen LogP contribution in [0.4, 0.5) is 4.39 Å². The Labute approximate surface area is 163 Å². The van der Waals surface area contributed by atoms with E-state index in [0.717, 1.165) is 39.4 Å². The van der Waals surface area contributed by atoms with Gasteiger partial charge in [-0.15, -0.1) is 11.3 Å². The summed E-state index contributed by atoms with van der Waals surface area (Å²) in [5, 5.41) is 13.8. The molecule has 2 unspecified atom stereocenters. The van der Waals surface area contributed by atoms with Gasteiger partial charge in [0.25, 0.3) is 0 Å². The summed E-state index contributed by atoms with van der Waals surface area (Å²) in [7, 11) is 0. The zero-order valence-electron chi connectivity index (χ0n) is 14.5. The SMILES string of the molecule is N=C1NC(c2ccc3sc4ccc(C#CCF)cc4c3c2)C[S+]([O-])C12CC2. The Bertz CT molecular complexity index is 1140. The van der Waals surface area contributed by atoms with Gasteiger partial charge in [0.2, 0.25) is 0 Å². The van der Waals surface area contributed by atoms with Crippen molar-refractivity contribution in [3.05, 3.63) is 47.5 Å². The number of thiophene rings is 1. The Kier molecular flexibility index (Phi) is 3.94. The van der Waals surface area contributed by atoms with Gasteiger partial charge in [-0.3, -0.25) is 5.41 Å². The van der Waals surface area contributed by atoms with E-state index in [1.54, 1.807) is 11.3 Å². The quantitative estimate of drug-likeness (QED) is 0.476. The lowest BCUT2D eigenvalue weighted by molar-refractivity contribution is 0.560. The standard InChI is InChI=1S/C21H17FN2OS2/c22-9-1-2-13-3-5-18-15(10-13)16-11-14(4-6-19(16)26-18)17-12-27(25)21(7-8-21)20(23)24-17/h3-6,10-11,17H,7-9,12H2,(H2,23,24). The normalized spacial score (nSPS) is 23.3. The van der Waals surface area contributed by atoms with E-state index in [1.165, 1.54) is 4.70 Å². The van der Waals surface area contributed by atoms with Crippen LogP contribution in [0.25, 0.3) is 20.2 Å². The molecule has 0 amide bonds. The van der Waals surface area contributed by atoms with Gasteiger partial charge in [0.1, 0.15) is 5.75 Å². The zero-order chi connectivity index (χ0) is 18.6. The Hall–Kier alpha value is -2.07. The summed E-state index contributed by atoms with van der Waals surface area (Å²) in [4.78, 5) is 0. The van der Waals surface area contributed by atoms with E-state index in [0.29, 0.717) is 11.6 Å². The fraction of sp³-hybridized carbons (Fsp3) is 0.286. The maximum Gasteiger partial charge on any atom is 0.182 e. The lowest BCUT2D eigenvalue weighted by Crippen LogP contribution is -2.51. The van der Waals surface area contributed by atoms with Gasteiger partial charge in [0.15, 0.2) is 17.3 Å². The van der Waals surface area contributed by atoms with Crippen molar-refractivity contribution in [1.82, 2.24) is 5.32 Å². The van der Waals surface area contributed by atoms with E-state index in [9.17, 15) is 8.94 Å². The predicted molar refractivity (Wildman–Crippen MR) is 111 cm³/mol.